The molecule has 202 valence electrons. The molecule has 0 unspecified atom stereocenters. The van der Waals surface area contributed by atoms with Crippen LogP contribution >= 0.6 is 0 Å². The largest absolute Gasteiger partial charge is 0.496 e. The summed E-state index contributed by atoms with van der Waals surface area (Å²) in [6, 6.07) is 26.4. The zero-order valence-electron chi connectivity index (χ0n) is 21.6. The van der Waals surface area contributed by atoms with Crippen molar-refractivity contribution in [1.29, 1.82) is 0 Å². The minimum absolute atomic E-state index is 0.0636. The number of nitrogens with one attached hydrogen (secondary N) is 1. The van der Waals surface area contributed by atoms with Crippen LogP contribution in [0, 0.1) is 12.7 Å². The fraction of sp³-hybridized carbons (Fsp3) is 0.167. The van der Waals surface area contributed by atoms with Crippen molar-refractivity contribution in [2.75, 3.05) is 18.0 Å². The van der Waals surface area contributed by atoms with Crippen molar-refractivity contribution >= 4 is 21.6 Å². The van der Waals surface area contributed by atoms with Crippen molar-refractivity contribution in [3.63, 3.8) is 0 Å². The number of rotatable bonds is 11. The molecule has 0 aromatic heterocycles. The molecular formula is C30H29FN2O5S. The van der Waals surface area contributed by atoms with E-state index < -0.39 is 22.5 Å². The van der Waals surface area contributed by atoms with E-state index in [2.05, 4.69) is 5.32 Å². The summed E-state index contributed by atoms with van der Waals surface area (Å²) in [5, 5.41) is 2.79. The second-order valence-corrected chi connectivity index (χ2v) is 10.7. The highest BCUT2D eigenvalue weighted by Crippen LogP contribution is 2.27. The number of amides is 1. The van der Waals surface area contributed by atoms with Crippen molar-refractivity contribution < 1.29 is 27.1 Å². The van der Waals surface area contributed by atoms with Gasteiger partial charge in [0, 0.05) is 6.54 Å². The third-order valence-electron chi connectivity index (χ3n) is 6.02. The van der Waals surface area contributed by atoms with Crippen LogP contribution in [-0.2, 0) is 28.0 Å². The Morgan fingerprint density at radius 3 is 2.21 bits per heavy atom. The normalized spacial score (nSPS) is 11.1. The molecule has 7 nitrogen and oxygen atoms in total. The minimum atomic E-state index is -4.04. The second kappa shape index (κ2) is 12.4. The van der Waals surface area contributed by atoms with Crippen molar-refractivity contribution in [3.8, 4) is 11.5 Å². The van der Waals surface area contributed by atoms with Gasteiger partial charge in [0.1, 0.15) is 30.5 Å². The van der Waals surface area contributed by atoms with Crippen molar-refractivity contribution in [3.05, 3.63) is 120 Å². The van der Waals surface area contributed by atoms with Crippen LogP contribution in [-0.4, -0.2) is 28.0 Å². The Labute approximate surface area is 227 Å². The Morgan fingerprint density at radius 1 is 0.897 bits per heavy atom. The number of methoxy groups -OCH3 is 1. The van der Waals surface area contributed by atoms with Crippen LogP contribution in [0.15, 0.2) is 102 Å². The SMILES string of the molecule is COc1ccc(S(=O)(=O)N(CC(=O)NCc2ccc(OCc3ccc(F)cc3)cc2)c2ccccc2)cc1C. The number of carbonyl (C=O) groups excluding carboxylic acids is 1. The topological polar surface area (TPSA) is 84.9 Å². The minimum Gasteiger partial charge on any atom is -0.496 e. The molecule has 4 rings (SSSR count). The molecular weight excluding hydrogens is 519 g/mol. The predicted molar refractivity (Wildman–Crippen MR) is 148 cm³/mol. The second-order valence-electron chi connectivity index (χ2n) is 8.81. The number of hydrogen-bond acceptors (Lipinski definition) is 5. The molecule has 4 aromatic rings. The number of halogens is 1. The van der Waals surface area contributed by atoms with Crippen LogP contribution in [0.3, 0.4) is 0 Å². The van der Waals surface area contributed by atoms with Gasteiger partial charge in [-0.15, -0.1) is 0 Å². The Kier molecular flexibility index (Phi) is 8.83. The molecule has 1 amide bonds. The molecule has 9 heteroatoms. The smallest absolute Gasteiger partial charge is 0.264 e. The highest BCUT2D eigenvalue weighted by atomic mass is 32.2. The van der Waals surface area contributed by atoms with E-state index in [0.29, 0.717) is 29.4 Å². The third kappa shape index (κ3) is 7.14. The lowest BCUT2D eigenvalue weighted by molar-refractivity contribution is -0.119. The first-order valence-electron chi connectivity index (χ1n) is 12.2. The highest BCUT2D eigenvalue weighted by Gasteiger charge is 2.27. The van der Waals surface area contributed by atoms with Crippen LogP contribution in [0.2, 0.25) is 0 Å². The maximum Gasteiger partial charge on any atom is 0.264 e. The maximum absolute atomic E-state index is 13.6. The third-order valence-corrected chi connectivity index (χ3v) is 7.79. The van der Waals surface area contributed by atoms with Crippen molar-refractivity contribution in [2.24, 2.45) is 0 Å². The molecule has 1 N–H and O–H groups in total. The zero-order valence-corrected chi connectivity index (χ0v) is 22.5. The maximum atomic E-state index is 13.6. The van der Waals surface area contributed by atoms with Gasteiger partial charge in [-0.1, -0.05) is 42.5 Å². The fourth-order valence-corrected chi connectivity index (χ4v) is 5.39. The highest BCUT2D eigenvalue weighted by molar-refractivity contribution is 7.92. The first-order chi connectivity index (χ1) is 18.8. The van der Waals surface area contributed by atoms with Crippen molar-refractivity contribution in [2.45, 2.75) is 25.0 Å². The van der Waals surface area contributed by atoms with E-state index in [1.54, 1.807) is 67.6 Å². The summed E-state index contributed by atoms with van der Waals surface area (Å²) < 4.78 is 52.3. The predicted octanol–water partition coefficient (Wildman–Crippen LogP) is 5.23. The standard InChI is InChI=1S/C30H29FN2O5S/c1-22-18-28(16-17-29(22)37-2)39(35,36)33(26-6-4-3-5-7-26)20-30(34)32-19-23-10-14-27(15-11-23)38-21-24-8-12-25(31)13-9-24/h3-18H,19-21H2,1-2H3,(H,32,34). The van der Waals surface area contributed by atoms with Gasteiger partial charge in [0.15, 0.2) is 0 Å². The lowest BCUT2D eigenvalue weighted by Crippen LogP contribution is -2.40. The molecule has 0 aliphatic carbocycles. The Bertz CT molecular complexity index is 1510. The van der Waals surface area contributed by atoms with Gasteiger partial charge in [-0.3, -0.25) is 9.10 Å². The molecule has 0 bridgehead atoms. The number of hydrogen-bond donors (Lipinski definition) is 1. The van der Waals surface area contributed by atoms with Crippen LogP contribution in [0.1, 0.15) is 16.7 Å². The number of benzene rings is 4. The molecule has 0 aliphatic heterocycles. The summed E-state index contributed by atoms with van der Waals surface area (Å²) in [6.07, 6.45) is 0. The number of anilines is 1. The summed E-state index contributed by atoms with van der Waals surface area (Å²) >= 11 is 0. The lowest BCUT2D eigenvalue weighted by atomic mass is 10.2. The molecule has 39 heavy (non-hydrogen) atoms. The lowest BCUT2D eigenvalue weighted by Gasteiger charge is -2.24. The van der Waals surface area contributed by atoms with Gasteiger partial charge in [0.05, 0.1) is 17.7 Å². The van der Waals surface area contributed by atoms with E-state index in [-0.39, 0.29) is 17.3 Å². The average molecular weight is 549 g/mol. The van der Waals surface area contributed by atoms with Crippen LogP contribution < -0.4 is 19.1 Å². The molecule has 0 heterocycles. The van der Waals surface area contributed by atoms with E-state index in [1.165, 1.54) is 31.4 Å². The van der Waals surface area contributed by atoms with E-state index in [9.17, 15) is 17.6 Å². The summed E-state index contributed by atoms with van der Waals surface area (Å²) in [6.45, 7) is 1.88. The molecule has 0 radical (unpaired) electrons. The molecule has 0 saturated heterocycles. The van der Waals surface area contributed by atoms with Crippen LogP contribution in [0.25, 0.3) is 0 Å². The number of aryl methyl sites for hydroxylation is 1. The van der Waals surface area contributed by atoms with Gasteiger partial charge in [0.2, 0.25) is 5.91 Å². The molecule has 0 fully saturated rings. The van der Waals surface area contributed by atoms with Crippen LogP contribution in [0.5, 0.6) is 11.5 Å². The molecule has 0 atom stereocenters. The quantitative estimate of drug-likeness (QED) is 0.277. The number of para-hydroxylation sites is 1. The monoisotopic (exact) mass is 548 g/mol. The van der Waals surface area contributed by atoms with E-state index in [4.69, 9.17) is 9.47 Å². The number of ether oxygens (including phenoxy) is 2. The first kappa shape index (κ1) is 27.7. The molecule has 0 spiro atoms. The number of sulfonamides is 1. The van der Waals surface area contributed by atoms with E-state index in [0.717, 1.165) is 15.4 Å². The average Bonchev–Trinajstić information content (AvgIpc) is 2.95. The van der Waals surface area contributed by atoms with Gasteiger partial charge in [0.25, 0.3) is 10.0 Å². The zero-order chi connectivity index (χ0) is 27.8. The van der Waals surface area contributed by atoms with E-state index >= 15 is 0 Å². The summed E-state index contributed by atoms with van der Waals surface area (Å²) in [4.78, 5) is 13.0. The van der Waals surface area contributed by atoms with Gasteiger partial charge in [-0.05, 0) is 78.2 Å². The van der Waals surface area contributed by atoms with Crippen LogP contribution in [0.4, 0.5) is 10.1 Å². The Hall–Kier alpha value is -4.37. The molecule has 4 aromatic carbocycles. The molecule has 0 saturated carbocycles. The Morgan fingerprint density at radius 2 is 1.56 bits per heavy atom. The molecule has 0 aliphatic rings. The summed E-state index contributed by atoms with van der Waals surface area (Å²) in [7, 11) is -2.52. The fourth-order valence-electron chi connectivity index (χ4n) is 3.89. The summed E-state index contributed by atoms with van der Waals surface area (Å²) in [5.41, 5.74) is 2.71. The number of carbonyl (C=O) groups is 1. The first-order valence-corrected chi connectivity index (χ1v) is 13.7. The Balaban J connectivity index is 1.41. The van der Waals surface area contributed by atoms with Gasteiger partial charge in [-0.25, -0.2) is 12.8 Å². The van der Waals surface area contributed by atoms with Gasteiger partial charge in [-0.2, -0.15) is 0 Å². The number of nitrogens with zero attached hydrogens (tertiary/aromatic N) is 1. The summed E-state index contributed by atoms with van der Waals surface area (Å²) in [5.74, 6) is 0.449. The van der Waals surface area contributed by atoms with E-state index in [1.807, 2.05) is 12.1 Å². The van der Waals surface area contributed by atoms with Crippen molar-refractivity contribution in [1.82, 2.24) is 5.32 Å². The van der Waals surface area contributed by atoms with Gasteiger partial charge >= 0.3 is 0 Å². The van der Waals surface area contributed by atoms with Gasteiger partial charge < -0.3 is 14.8 Å².